The second kappa shape index (κ2) is 18.5. The molecule has 3 nitrogen and oxygen atoms in total. The minimum absolute atomic E-state index is 0.681. The molecule has 76 heavy (non-hydrogen) atoms. The van der Waals surface area contributed by atoms with Crippen LogP contribution >= 0.6 is 0 Å². The van der Waals surface area contributed by atoms with Crippen LogP contribution < -0.4 is 9.64 Å². The maximum Gasteiger partial charge on any atom is 0.127 e. The summed E-state index contributed by atoms with van der Waals surface area (Å²) < 4.78 is 8.84. The number of nitrogens with zero attached hydrogens (tertiary/aromatic N) is 2. The van der Waals surface area contributed by atoms with Gasteiger partial charge in [-0.1, -0.05) is 201 Å². The van der Waals surface area contributed by atoms with Gasteiger partial charge in [0.25, 0.3) is 0 Å². The number of para-hydroxylation sites is 2. The summed E-state index contributed by atoms with van der Waals surface area (Å²) >= 11 is 0. The molecule has 12 aromatic carbocycles. The van der Waals surface area contributed by atoms with Crippen LogP contribution in [0.1, 0.15) is 27.8 Å². The van der Waals surface area contributed by atoms with Crippen LogP contribution in [0.5, 0.6) is 11.5 Å². The Kier molecular flexibility index (Phi) is 10.9. The first-order chi connectivity index (χ1) is 37.6. The standard InChI is InChI=1S/C73H50N2O/c1-2-50-28-40-63(41-29-50)76-64-42-35-57(36-43-64)73(58-34-30-52-18-9-10-19-54(52)46-58)69-26-13-11-24-65(69)66-44-39-62(49-70(66)73)74(61-23-15-20-55(47-61)51-16-5-3-6-17-51)60-37-31-53(32-38-60)56-33-45-72-68(48-56)67-25-12-14-27-71(67)75(72)59-21-7-4-8-22-59/h2-49H,1H2. The number of hydrogen-bond acceptors (Lipinski definition) is 2. The normalized spacial score (nSPS) is 13.6. The van der Waals surface area contributed by atoms with Crippen molar-refractivity contribution in [2.24, 2.45) is 0 Å². The zero-order valence-corrected chi connectivity index (χ0v) is 41.7. The molecule has 0 spiro atoms. The Morgan fingerprint density at radius 3 is 1.76 bits per heavy atom. The monoisotopic (exact) mass is 970 g/mol. The number of aromatic nitrogens is 1. The van der Waals surface area contributed by atoms with Gasteiger partial charge in [0.2, 0.25) is 0 Å². The number of rotatable bonds is 11. The van der Waals surface area contributed by atoms with Gasteiger partial charge < -0.3 is 14.2 Å². The number of anilines is 3. The molecule has 0 saturated heterocycles. The van der Waals surface area contributed by atoms with Gasteiger partial charge in [0.05, 0.1) is 16.4 Å². The summed E-state index contributed by atoms with van der Waals surface area (Å²) in [4.78, 5) is 2.43. The van der Waals surface area contributed by atoms with E-state index in [0.717, 1.165) is 56.5 Å². The maximum atomic E-state index is 6.47. The minimum Gasteiger partial charge on any atom is -0.457 e. The van der Waals surface area contributed by atoms with E-state index in [1.165, 1.54) is 71.5 Å². The van der Waals surface area contributed by atoms with Gasteiger partial charge in [0.15, 0.2) is 0 Å². The molecule has 0 bridgehead atoms. The van der Waals surface area contributed by atoms with Crippen molar-refractivity contribution in [2.75, 3.05) is 4.90 Å². The first-order valence-electron chi connectivity index (χ1n) is 26.0. The molecular weight excluding hydrogens is 921 g/mol. The highest BCUT2D eigenvalue weighted by molar-refractivity contribution is 6.10. The second-order valence-electron chi connectivity index (χ2n) is 19.7. The van der Waals surface area contributed by atoms with E-state index in [1.54, 1.807) is 0 Å². The third-order valence-electron chi connectivity index (χ3n) is 15.5. The van der Waals surface area contributed by atoms with Crippen molar-refractivity contribution >= 4 is 55.7 Å². The summed E-state index contributed by atoms with van der Waals surface area (Å²) in [7, 11) is 0. The summed E-state index contributed by atoms with van der Waals surface area (Å²) in [6.45, 7) is 3.92. The first-order valence-corrected chi connectivity index (χ1v) is 26.0. The zero-order valence-electron chi connectivity index (χ0n) is 41.7. The third kappa shape index (κ3) is 7.51. The molecule has 1 heterocycles. The highest BCUT2D eigenvalue weighted by atomic mass is 16.5. The van der Waals surface area contributed by atoms with Crippen molar-refractivity contribution in [3.63, 3.8) is 0 Å². The van der Waals surface area contributed by atoms with Gasteiger partial charge >= 0.3 is 0 Å². The average molecular weight is 971 g/mol. The molecule has 3 heteroatoms. The Balaban J connectivity index is 0.935. The van der Waals surface area contributed by atoms with Crippen LogP contribution in [0.3, 0.4) is 0 Å². The van der Waals surface area contributed by atoms with Gasteiger partial charge in [-0.25, -0.2) is 0 Å². The molecule has 1 unspecified atom stereocenters. The van der Waals surface area contributed by atoms with E-state index in [1.807, 2.05) is 30.3 Å². The van der Waals surface area contributed by atoms with Crippen LogP contribution in [0.2, 0.25) is 0 Å². The van der Waals surface area contributed by atoms with Crippen molar-refractivity contribution < 1.29 is 4.74 Å². The summed E-state index contributed by atoms with van der Waals surface area (Å²) in [6.07, 6.45) is 1.85. The number of hydrogen-bond donors (Lipinski definition) is 0. The Morgan fingerprint density at radius 2 is 0.961 bits per heavy atom. The highest BCUT2D eigenvalue weighted by Crippen LogP contribution is 2.58. The number of ether oxygens (including phenoxy) is 1. The molecule has 0 aliphatic heterocycles. The van der Waals surface area contributed by atoms with E-state index >= 15 is 0 Å². The molecule has 1 aromatic heterocycles. The topological polar surface area (TPSA) is 17.4 Å². The maximum absolute atomic E-state index is 6.47. The molecule has 0 fully saturated rings. The van der Waals surface area contributed by atoms with E-state index in [4.69, 9.17) is 4.74 Å². The number of fused-ring (bicyclic) bond motifs is 7. The van der Waals surface area contributed by atoms with Crippen LogP contribution in [0, 0.1) is 0 Å². The molecule has 14 rings (SSSR count). The van der Waals surface area contributed by atoms with Crippen LogP contribution in [-0.4, -0.2) is 4.57 Å². The molecule has 1 atom stereocenters. The highest BCUT2D eigenvalue weighted by Gasteiger charge is 2.46. The van der Waals surface area contributed by atoms with E-state index < -0.39 is 5.41 Å². The van der Waals surface area contributed by atoms with Crippen molar-refractivity contribution in [2.45, 2.75) is 5.41 Å². The van der Waals surface area contributed by atoms with E-state index in [2.05, 4.69) is 277 Å². The zero-order chi connectivity index (χ0) is 50.6. The Labute approximate surface area is 443 Å². The fourth-order valence-corrected chi connectivity index (χ4v) is 11.9. The Hall–Kier alpha value is -9.96. The molecule has 0 radical (unpaired) electrons. The molecule has 0 amide bonds. The molecule has 1 aliphatic rings. The molecule has 13 aromatic rings. The second-order valence-corrected chi connectivity index (χ2v) is 19.7. The van der Waals surface area contributed by atoms with Gasteiger partial charge in [-0.05, 0) is 169 Å². The van der Waals surface area contributed by atoms with Gasteiger partial charge in [0.1, 0.15) is 11.5 Å². The average Bonchev–Trinajstić information content (AvgIpc) is 4.19. The summed E-state index contributed by atoms with van der Waals surface area (Å²) in [6, 6.07) is 104. The molecule has 0 saturated carbocycles. The third-order valence-corrected chi connectivity index (χ3v) is 15.5. The fraction of sp³-hybridized carbons (Fsp3) is 0.0137. The van der Waals surface area contributed by atoms with Gasteiger partial charge in [-0.3, -0.25) is 0 Å². The van der Waals surface area contributed by atoms with E-state index in [0.29, 0.717) is 0 Å². The predicted molar refractivity (Wildman–Crippen MR) is 318 cm³/mol. The lowest BCUT2D eigenvalue weighted by Gasteiger charge is -2.35. The van der Waals surface area contributed by atoms with Gasteiger partial charge in [0, 0.05) is 33.5 Å². The predicted octanol–water partition coefficient (Wildman–Crippen LogP) is 19.5. The van der Waals surface area contributed by atoms with Crippen molar-refractivity contribution in [3.8, 4) is 50.6 Å². The smallest absolute Gasteiger partial charge is 0.127 e. The largest absolute Gasteiger partial charge is 0.457 e. The first kappa shape index (κ1) is 44.7. The molecule has 0 N–H and O–H groups in total. The Bertz CT molecular complexity index is 4310. The van der Waals surface area contributed by atoms with Gasteiger partial charge in [-0.15, -0.1) is 0 Å². The lowest BCUT2D eigenvalue weighted by molar-refractivity contribution is 0.482. The van der Waals surface area contributed by atoms with Crippen molar-refractivity contribution in [3.05, 3.63) is 320 Å². The minimum atomic E-state index is -0.681. The van der Waals surface area contributed by atoms with E-state index in [9.17, 15) is 0 Å². The molecule has 1 aliphatic carbocycles. The van der Waals surface area contributed by atoms with E-state index in [-0.39, 0.29) is 0 Å². The fourth-order valence-electron chi connectivity index (χ4n) is 11.9. The number of benzene rings is 12. The van der Waals surface area contributed by atoms with Crippen LogP contribution in [0.15, 0.2) is 292 Å². The summed E-state index contributed by atoms with van der Waals surface area (Å²) in [5, 5.41) is 4.88. The lowest BCUT2D eigenvalue weighted by atomic mass is 9.67. The summed E-state index contributed by atoms with van der Waals surface area (Å²) in [5.74, 6) is 1.55. The quantitative estimate of drug-likeness (QED) is 0.129. The molecular formula is C73H50N2O. The lowest BCUT2D eigenvalue weighted by Crippen LogP contribution is -2.28. The van der Waals surface area contributed by atoms with Crippen LogP contribution in [0.4, 0.5) is 17.1 Å². The van der Waals surface area contributed by atoms with Crippen LogP contribution in [0.25, 0.3) is 77.7 Å². The van der Waals surface area contributed by atoms with Crippen LogP contribution in [-0.2, 0) is 5.41 Å². The van der Waals surface area contributed by atoms with Gasteiger partial charge in [-0.2, -0.15) is 0 Å². The summed E-state index contributed by atoms with van der Waals surface area (Å²) in [5.41, 5.74) is 19.0. The SMILES string of the molecule is C=Cc1ccc(Oc2ccc(C3(c4ccc5ccccc5c4)c4ccccc4-c4ccc(N(c5ccc(-c6ccc7c(c6)c6ccccc6n7-c6ccccc6)cc5)c5cccc(-c6ccccc6)c5)cc43)cc2)cc1. The van der Waals surface area contributed by atoms with Crippen molar-refractivity contribution in [1.82, 2.24) is 4.57 Å². The Morgan fingerprint density at radius 1 is 0.368 bits per heavy atom. The van der Waals surface area contributed by atoms with Crippen molar-refractivity contribution in [1.29, 1.82) is 0 Å². The molecule has 358 valence electrons.